The van der Waals surface area contributed by atoms with Gasteiger partial charge in [-0.1, -0.05) is 51.9 Å². The Kier molecular flexibility index (Phi) is 7.66. The third-order valence-electron chi connectivity index (χ3n) is 4.37. The van der Waals surface area contributed by atoms with Gasteiger partial charge in [0, 0.05) is 17.5 Å². The van der Waals surface area contributed by atoms with E-state index in [0.717, 1.165) is 12.1 Å². The van der Waals surface area contributed by atoms with Gasteiger partial charge in [-0.05, 0) is 31.1 Å². The van der Waals surface area contributed by atoms with Crippen LogP contribution in [-0.2, 0) is 16.0 Å². The van der Waals surface area contributed by atoms with Crippen LogP contribution in [0.1, 0.15) is 69.7 Å². The Labute approximate surface area is 145 Å². The van der Waals surface area contributed by atoms with E-state index in [4.69, 9.17) is 4.74 Å². The molecule has 4 nitrogen and oxygen atoms in total. The molecule has 0 aliphatic carbocycles. The van der Waals surface area contributed by atoms with Crippen LogP contribution < -0.4 is 5.32 Å². The van der Waals surface area contributed by atoms with Crippen molar-refractivity contribution in [2.45, 2.75) is 64.7 Å². The zero-order chi connectivity index (χ0) is 17.2. The summed E-state index contributed by atoms with van der Waals surface area (Å²) in [5.74, 6) is 0.447. The van der Waals surface area contributed by atoms with Crippen molar-refractivity contribution in [2.24, 2.45) is 0 Å². The van der Waals surface area contributed by atoms with Crippen molar-refractivity contribution in [1.82, 2.24) is 10.3 Å². The number of ether oxygens (including phenoxy) is 1. The zero-order valence-electron chi connectivity index (χ0n) is 15.0. The fraction of sp³-hybridized carbons (Fsp3) is 0.550. The highest BCUT2D eigenvalue weighted by atomic mass is 16.5. The summed E-state index contributed by atoms with van der Waals surface area (Å²) in [4.78, 5) is 14.8. The Morgan fingerprint density at radius 1 is 1.04 bits per heavy atom. The number of aromatic amines is 1. The molecule has 0 atom stereocenters. The fourth-order valence-corrected chi connectivity index (χ4v) is 3.00. The van der Waals surface area contributed by atoms with E-state index in [1.54, 1.807) is 7.11 Å². The molecule has 0 aromatic carbocycles. The molecule has 132 valence electrons. The van der Waals surface area contributed by atoms with Gasteiger partial charge in [0.25, 0.3) is 5.91 Å². The lowest BCUT2D eigenvalue weighted by Crippen LogP contribution is -2.13. The van der Waals surface area contributed by atoms with Gasteiger partial charge in [-0.25, -0.2) is 0 Å². The van der Waals surface area contributed by atoms with Crippen LogP contribution in [0.5, 0.6) is 0 Å². The molecule has 2 heterocycles. The normalized spacial score (nSPS) is 15.7. The smallest absolute Gasteiger partial charge is 0.252 e. The summed E-state index contributed by atoms with van der Waals surface area (Å²) in [6, 6.07) is 4.17. The Bertz CT molecular complexity index is 584. The van der Waals surface area contributed by atoms with Crippen LogP contribution in [-0.4, -0.2) is 18.0 Å². The molecule has 0 saturated heterocycles. The number of rotatable bonds is 11. The lowest BCUT2D eigenvalue weighted by atomic mass is 10.1. The van der Waals surface area contributed by atoms with E-state index in [2.05, 4.69) is 23.3 Å². The predicted octanol–water partition coefficient (Wildman–Crippen LogP) is 4.70. The maximum absolute atomic E-state index is 11.4. The summed E-state index contributed by atoms with van der Waals surface area (Å²) in [6.45, 7) is 2.26. The van der Waals surface area contributed by atoms with Gasteiger partial charge < -0.3 is 15.0 Å². The molecular formula is C20H30N2O2. The summed E-state index contributed by atoms with van der Waals surface area (Å²) in [6.07, 6.45) is 15.2. The Morgan fingerprint density at radius 3 is 2.46 bits per heavy atom. The van der Waals surface area contributed by atoms with Crippen molar-refractivity contribution in [3.63, 3.8) is 0 Å². The lowest BCUT2D eigenvalue weighted by Gasteiger charge is -2.03. The predicted molar refractivity (Wildman–Crippen MR) is 98.3 cm³/mol. The minimum atomic E-state index is -0.135. The first kappa shape index (κ1) is 18.4. The van der Waals surface area contributed by atoms with Crippen molar-refractivity contribution in [1.29, 1.82) is 0 Å². The van der Waals surface area contributed by atoms with Gasteiger partial charge in [-0.2, -0.15) is 0 Å². The molecule has 1 aliphatic rings. The highest BCUT2D eigenvalue weighted by Crippen LogP contribution is 2.18. The molecule has 0 bridgehead atoms. The minimum Gasteiger partial charge on any atom is -0.494 e. The van der Waals surface area contributed by atoms with E-state index in [9.17, 15) is 4.79 Å². The standard InChI is InChI=1S/C20H30N2O2/c1-3-4-5-6-7-8-9-10-11-16-12-13-17(21-16)14-18-19(24-2)15-20(23)22-18/h12-15,21H,3-11H2,1-2H3,(H,22,23)/b18-14-. The molecule has 4 heteroatoms. The van der Waals surface area contributed by atoms with Gasteiger partial charge in [0.2, 0.25) is 0 Å². The minimum absolute atomic E-state index is 0.135. The van der Waals surface area contributed by atoms with E-state index in [0.29, 0.717) is 11.5 Å². The van der Waals surface area contributed by atoms with Crippen LogP contribution in [0.15, 0.2) is 29.7 Å². The summed E-state index contributed by atoms with van der Waals surface area (Å²) in [7, 11) is 1.57. The van der Waals surface area contributed by atoms with Crippen molar-refractivity contribution >= 4 is 12.0 Å². The van der Waals surface area contributed by atoms with Gasteiger partial charge in [0.1, 0.15) is 5.76 Å². The quantitative estimate of drug-likeness (QED) is 0.578. The number of aromatic nitrogens is 1. The van der Waals surface area contributed by atoms with Crippen LogP contribution in [0.25, 0.3) is 6.08 Å². The van der Waals surface area contributed by atoms with Crippen molar-refractivity contribution in [2.75, 3.05) is 7.11 Å². The van der Waals surface area contributed by atoms with Gasteiger partial charge >= 0.3 is 0 Å². The van der Waals surface area contributed by atoms with Gasteiger partial charge in [0.15, 0.2) is 0 Å². The molecule has 1 aliphatic heterocycles. The largest absolute Gasteiger partial charge is 0.494 e. The van der Waals surface area contributed by atoms with E-state index < -0.39 is 0 Å². The molecule has 2 N–H and O–H groups in total. The topological polar surface area (TPSA) is 54.1 Å². The Balaban J connectivity index is 1.70. The molecule has 0 fully saturated rings. The molecule has 2 rings (SSSR count). The van der Waals surface area contributed by atoms with Crippen LogP contribution >= 0.6 is 0 Å². The number of carbonyl (C=O) groups excluding carboxylic acids is 1. The number of aryl methyl sites for hydroxylation is 1. The summed E-state index contributed by atoms with van der Waals surface area (Å²) in [5.41, 5.74) is 2.95. The van der Waals surface area contributed by atoms with E-state index in [1.807, 2.05) is 12.1 Å². The summed E-state index contributed by atoms with van der Waals surface area (Å²) < 4.78 is 5.20. The zero-order valence-corrected chi connectivity index (χ0v) is 15.0. The first-order valence-corrected chi connectivity index (χ1v) is 9.19. The number of unbranched alkanes of at least 4 members (excludes halogenated alkanes) is 7. The first-order valence-electron chi connectivity index (χ1n) is 9.19. The molecule has 1 aromatic heterocycles. The number of methoxy groups -OCH3 is 1. The van der Waals surface area contributed by atoms with Gasteiger partial charge in [-0.15, -0.1) is 0 Å². The van der Waals surface area contributed by atoms with Gasteiger partial charge in [0.05, 0.1) is 12.8 Å². The molecular weight excluding hydrogens is 300 g/mol. The van der Waals surface area contributed by atoms with Crippen LogP contribution in [0.4, 0.5) is 0 Å². The monoisotopic (exact) mass is 330 g/mol. The second-order valence-electron chi connectivity index (χ2n) is 6.42. The number of hydrogen-bond acceptors (Lipinski definition) is 2. The molecule has 1 aromatic rings. The van der Waals surface area contributed by atoms with Crippen molar-refractivity contribution in [3.05, 3.63) is 41.1 Å². The van der Waals surface area contributed by atoms with Crippen molar-refractivity contribution < 1.29 is 9.53 Å². The average molecular weight is 330 g/mol. The van der Waals surface area contributed by atoms with E-state index >= 15 is 0 Å². The van der Waals surface area contributed by atoms with Crippen LogP contribution in [0, 0.1) is 0 Å². The molecule has 0 spiro atoms. The Hall–Kier alpha value is -1.97. The maximum Gasteiger partial charge on any atom is 0.252 e. The van der Waals surface area contributed by atoms with Crippen LogP contribution in [0.2, 0.25) is 0 Å². The average Bonchev–Trinajstić information content (AvgIpc) is 3.16. The third-order valence-corrected chi connectivity index (χ3v) is 4.37. The number of H-pyrrole nitrogens is 1. The number of amides is 1. The fourth-order valence-electron chi connectivity index (χ4n) is 3.00. The maximum atomic E-state index is 11.4. The first-order chi connectivity index (χ1) is 11.7. The van der Waals surface area contributed by atoms with Gasteiger partial charge in [-0.3, -0.25) is 4.79 Å². The molecule has 24 heavy (non-hydrogen) atoms. The molecule has 0 unspecified atom stereocenters. The summed E-state index contributed by atoms with van der Waals surface area (Å²) in [5, 5.41) is 2.78. The van der Waals surface area contributed by atoms with E-state index in [1.165, 1.54) is 63.1 Å². The Morgan fingerprint density at radius 2 is 1.75 bits per heavy atom. The SMILES string of the molecule is CCCCCCCCCCc1ccc(/C=C2\NC(=O)C=C2OC)[nH]1. The van der Waals surface area contributed by atoms with E-state index in [-0.39, 0.29) is 5.91 Å². The lowest BCUT2D eigenvalue weighted by molar-refractivity contribution is -0.115. The molecule has 0 saturated carbocycles. The second-order valence-corrected chi connectivity index (χ2v) is 6.42. The molecule has 1 amide bonds. The highest BCUT2D eigenvalue weighted by Gasteiger charge is 2.17. The number of carbonyl (C=O) groups is 1. The number of nitrogens with one attached hydrogen (secondary N) is 2. The van der Waals surface area contributed by atoms with Crippen LogP contribution in [0.3, 0.4) is 0 Å². The highest BCUT2D eigenvalue weighted by molar-refractivity contribution is 5.95. The van der Waals surface area contributed by atoms with Crippen molar-refractivity contribution in [3.8, 4) is 0 Å². The summed E-state index contributed by atoms with van der Waals surface area (Å²) >= 11 is 0. The number of hydrogen-bond donors (Lipinski definition) is 2. The second kappa shape index (κ2) is 10.0. The molecule has 0 radical (unpaired) electrons. The third kappa shape index (κ3) is 5.91.